The van der Waals surface area contributed by atoms with Crippen molar-refractivity contribution in [3.8, 4) is 0 Å². The summed E-state index contributed by atoms with van der Waals surface area (Å²) in [5.41, 5.74) is 7.58. The van der Waals surface area contributed by atoms with Gasteiger partial charge in [-0.25, -0.2) is 9.97 Å². The van der Waals surface area contributed by atoms with Gasteiger partial charge in [0.25, 0.3) is 0 Å². The molecule has 4 nitrogen and oxygen atoms in total. The molecule has 0 spiro atoms. The molecular weight excluding hydrogens is 208 g/mol. The average molecular weight is 220 g/mol. The van der Waals surface area contributed by atoms with E-state index in [-0.39, 0.29) is 0 Å². The lowest BCUT2D eigenvalue weighted by atomic mass is 10.3. The summed E-state index contributed by atoms with van der Waals surface area (Å²) in [6.07, 6.45) is 3.08. The topological polar surface area (TPSA) is 63.8 Å². The van der Waals surface area contributed by atoms with E-state index in [0.29, 0.717) is 11.5 Å². The minimum atomic E-state index is 0.576. The van der Waals surface area contributed by atoms with Gasteiger partial charge in [-0.2, -0.15) is 0 Å². The molecule has 0 aliphatic carbocycles. The lowest BCUT2D eigenvalue weighted by Crippen LogP contribution is -2.04. The third-order valence-corrected chi connectivity index (χ3v) is 3.15. The van der Waals surface area contributed by atoms with Gasteiger partial charge in [-0.1, -0.05) is 0 Å². The van der Waals surface area contributed by atoms with Crippen LogP contribution in [-0.2, 0) is 6.54 Å². The average Bonchev–Trinajstić information content (AvgIpc) is 2.63. The number of thiophene rings is 1. The molecule has 2 heterocycles. The van der Waals surface area contributed by atoms with Gasteiger partial charge in [0, 0.05) is 4.88 Å². The van der Waals surface area contributed by atoms with Crippen molar-refractivity contribution < 1.29 is 0 Å². The number of rotatable bonds is 3. The molecule has 0 saturated carbocycles. The minimum absolute atomic E-state index is 0.576. The smallest absolute Gasteiger partial charge is 0.152 e. The van der Waals surface area contributed by atoms with Crippen LogP contribution in [0.3, 0.4) is 0 Å². The van der Waals surface area contributed by atoms with Gasteiger partial charge in [0.1, 0.15) is 6.33 Å². The van der Waals surface area contributed by atoms with Crippen LogP contribution in [-0.4, -0.2) is 9.97 Å². The Morgan fingerprint density at radius 3 is 3.07 bits per heavy atom. The van der Waals surface area contributed by atoms with E-state index >= 15 is 0 Å². The molecule has 0 radical (unpaired) electrons. The fourth-order valence-electron chi connectivity index (χ4n) is 1.24. The van der Waals surface area contributed by atoms with Crippen LogP contribution in [0.4, 0.5) is 11.5 Å². The van der Waals surface area contributed by atoms with Gasteiger partial charge in [-0.15, -0.1) is 11.3 Å². The quantitative estimate of drug-likeness (QED) is 0.830. The van der Waals surface area contributed by atoms with Crippen LogP contribution in [0.1, 0.15) is 10.4 Å². The Bertz CT molecular complexity index is 452. The minimum Gasteiger partial charge on any atom is -0.394 e. The molecule has 2 rings (SSSR count). The van der Waals surface area contributed by atoms with E-state index in [4.69, 9.17) is 5.73 Å². The summed E-state index contributed by atoms with van der Waals surface area (Å²) in [4.78, 5) is 9.20. The number of nitrogens with zero attached hydrogens (tertiary/aromatic N) is 2. The van der Waals surface area contributed by atoms with Gasteiger partial charge in [-0.05, 0) is 23.9 Å². The first-order chi connectivity index (χ1) is 7.27. The Morgan fingerprint density at radius 1 is 1.53 bits per heavy atom. The van der Waals surface area contributed by atoms with Gasteiger partial charge < -0.3 is 11.1 Å². The molecule has 0 aliphatic rings. The van der Waals surface area contributed by atoms with Gasteiger partial charge in [0.05, 0.1) is 18.4 Å². The zero-order valence-electron chi connectivity index (χ0n) is 8.40. The molecule has 78 valence electrons. The van der Waals surface area contributed by atoms with Crippen molar-refractivity contribution in [3.63, 3.8) is 0 Å². The van der Waals surface area contributed by atoms with Gasteiger partial charge in [0.2, 0.25) is 0 Å². The van der Waals surface area contributed by atoms with Gasteiger partial charge in [0.15, 0.2) is 5.82 Å². The van der Waals surface area contributed by atoms with Crippen molar-refractivity contribution in [1.82, 2.24) is 9.97 Å². The molecule has 2 aromatic heterocycles. The molecule has 2 aromatic rings. The SMILES string of the molecule is Cc1ccsc1CNc1ncncc1N. The van der Waals surface area contributed by atoms with E-state index in [1.807, 2.05) is 0 Å². The number of hydrogen-bond donors (Lipinski definition) is 2. The number of nitrogens with two attached hydrogens (primary N) is 1. The molecule has 0 aliphatic heterocycles. The maximum absolute atomic E-state index is 5.71. The van der Waals surface area contributed by atoms with E-state index < -0.39 is 0 Å². The molecule has 0 unspecified atom stereocenters. The highest BCUT2D eigenvalue weighted by Gasteiger charge is 2.02. The maximum atomic E-state index is 5.71. The molecule has 0 atom stereocenters. The zero-order chi connectivity index (χ0) is 10.7. The van der Waals surface area contributed by atoms with Crippen molar-refractivity contribution in [2.45, 2.75) is 13.5 Å². The van der Waals surface area contributed by atoms with Crippen LogP contribution >= 0.6 is 11.3 Å². The number of anilines is 2. The lowest BCUT2D eigenvalue weighted by molar-refractivity contribution is 1.09. The first kappa shape index (κ1) is 9.92. The largest absolute Gasteiger partial charge is 0.394 e. The summed E-state index contributed by atoms with van der Waals surface area (Å²) in [7, 11) is 0. The number of aromatic nitrogens is 2. The van der Waals surface area contributed by atoms with Crippen LogP contribution < -0.4 is 11.1 Å². The Hall–Kier alpha value is -1.62. The first-order valence-corrected chi connectivity index (χ1v) is 5.47. The number of nitrogen functional groups attached to an aromatic ring is 1. The van der Waals surface area contributed by atoms with Crippen LogP contribution in [0.2, 0.25) is 0 Å². The Kier molecular flexibility index (Phi) is 2.82. The fourth-order valence-corrected chi connectivity index (χ4v) is 2.08. The standard InChI is InChI=1S/C10H12N4S/c1-7-2-3-15-9(7)5-13-10-8(11)4-12-6-14-10/h2-4,6H,5,11H2,1H3,(H,12,13,14). The molecule has 5 heteroatoms. The molecule has 15 heavy (non-hydrogen) atoms. The van der Waals surface area contributed by atoms with E-state index in [2.05, 4.69) is 33.7 Å². The van der Waals surface area contributed by atoms with Crippen LogP contribution in [0.15, 0.2) is 24.0 Å². The highest BCUT2D eigenvalue weighted by Crippen LogP contribution is 2.18. The summed E-state index contributed by atoms with van der Waals surface area (Å²) in [5, 5.41) is 5.27. The predicted molar refractivity (Wildman–Crippen MR) is 62.8 cm³/mol. The Balaban J connectivity index is 2.06. The molecule has 0 saturated heterocycles. The Labute approximate surface area is 92.2 Å². The number of hydrogen-bond acceptors (Lipinski definition) is 5. The summed E-state index contributed by atoms with van der Waals surface area (Å²) >= 11 is 1.73. The first-order valence-electron chi connectivity index (χ1n) is 4.59. The summed E-state index contributed by atoms with van der Waals surface area (Å²) in [5.74, 6) is 0.692. The van der Waals surface area contributed by atoms with Crippen molar-refractivity contribution in [2.24, 2.45) is 0 Å². The molecule has 0 amide bonds. The third-order valence-electron chi connectivity index (χ3n) is 2.13. The van der Waals surface area contributed by atoms with E-state index in [0.717, 1.165) is 6.54 Å². The second-order valence-corrected chi connectivity index (χ2v) is 4.21. The lowest BCUT2D eigenvalue weighted by Gasteiger charge is -2.06. The van der Waals surface area contributed by atoms with Crippen LogP contribution in [0, 0.1) is 6.92 Å². The van der Waals surface area contributed by atoms with Crippen molar-refractivity contribution >= 4 is 22.8 Å². The molecule has 0 aromatic carbocycles. The third kappa shape index (κ3) is 2.24. The monoisotopic (exact) mass is 220 g/mol. The number of nitrogens with one attached hydrogen (secondary N) is 1. The normalized spacial score (nSPS) is 10.2. The molecule has 3 N–H and O–H groups in total. The highest BCUT2D eigenvalue weighted by atomic mass is 32.1. The summed E-state index contributed by atoms with van der Waals surface area (Å²) < 4.78 is 0. The van der Waals surface area contributed by atoms with Gasteiger partial charge >= 0.3 is 0 Å². The van der Waals surface area contributed by atoms with E-state index in [1.165, 1.54) is 16.8 Å². The number of aryl methyl sites for hydroxylation is 1. The summed E-state index contributed by atoms with van der Waals surface area (Å²) in [6, 6.07) is 2.10. The highest BCUT2D eigenvalue weighted by molar-refractivity contribution is 7.10. The molecule has 0 fully saturated rings. The van der Waals surface area contributed by atoms with E-state index in [9.17, 15) is 0 Å². The van der Waals surface area contributed by atoms with Crippen LogP contribution in [0.5, 0.6) is 0 Å². The second kappa shape index (κ2) is 4.27. The van der Waals surface area contributed by atoms with Gasteiger partial charge in [-0.3, -0.25) is 0 Å². The summed E-state index contributed by atoms with van der Waals surface area (Å²) in [6.45, 7) is 2.85. The van der Waals surface area contributed by atoms with Crippen LogP contribution in [0.25, 0.3) is 0 Å². The zero-order valence-corrected chi connectivity index (χ0v) is 9.21. The van der Waals surface area contributed by atoms with Crippen molar-refractivity contribution in [1.29, 1.82) is 0 Å². The maximum Gasteiger partial charge on any atom is 0.152 e. The fraction of sp³-hybridized carbons (Fsp3) is 0.200. The molecule has 0 bridgehead atoms. The van der Waals surface area contributed by atoms with E-state index in [1.54, 1.807) is 17.5 Å². The predicted octanol–water partition coefficient (Wildman–Crippen LogP) is 2.04. The Morgan fingerprint density at radius 2 is 2.40 bits per heavy atom. The molecular formula is C10H12N4S. The second-order valence-electron chi connectivity index (χ2n) is 3.21. The van der Waals surface area contributed by atoms with Crippen molar-refractivity contribution in [2.75, 3.05) is 11.1 Å². The van der Waals surface area contributed by atoms with Crippen molar-refractivity contribution in [3.05, 3.63) is 34.4 Å².